The molecule has 0 spiro atoms. The van der Waals surface area contributed by atoms with Gasteiger partial charge < -0.3 is 16.2 Å². The lowest BCUT2D eigenvalue weighted by molar-refractivity contribution is -0.125. The monoisotopic (exact) mass is 226 g/mol. The third-order valence-corrected chi connectivity index (χ3v) is 2.02. The molecule has 0 bridgehead atoms. The number of aromatic nitrogens is 2. The van der Waals surface area contributed by atoms with E-state index < -0.39 is 17.9 Å². The van der Waals surface area contributed by atoms with Gasteiger partial charge in [-0.1, -0.05) is 0 Å². The molecule has 16 heavy (non-hydrogen) atoms. The summed E-state index contributed by atoms with van der Waals surface area (Å²) in [5, 5.41) is 15.5. The number of carbonyl (C=O) groups excluding carboxylic acids is 2. The topological polar surface area (TPSA) is 110 Å². The van der Waals surface area contributed by atoms with Gasteiger partial charge in [-0.2, -0.15) is 5.10 Å². The number of primary amides is 1. The lowest BCUT2D eigenvalue weighted by Crippen LogP contribution is -2.40. The van der Waals surface area contributed by atoms with E-state index in [0.717, 1.165) is 0 Å². The van der Waals surface area contributed by atoms with Crippen LogP contribution in [0.25, 0.3) is 0 Å². The molecule has 1 rings (SSSR count). The number of nitrogens with zero attached hydrogens (tertiary/aromatic N) is 2. The summed E-state index contributed by atoms with van der Waals surface area (Å²) in [7, 11) is 1.63. The van der Waals surface area contributed by atoms with Crippen LogP contribution in [-0.2, 0) is 11.8 Å². The average molecular weight is 226 g/mol. The predicted molar refractivity (Wildman–Crippen MR) is 55.5 cm³/mol. The van der Waals surface area contributed by atoms with E-state index in [1.54, 1.807) is 20.0 Å². The number of rotatable bonds is 4. The van der Waals surface area contributed by atoms with Crippen molar-refractivity contribution in [3.8, 4) is 0 Å². The van der Waals surface area contributed by atoms with Crippen LogP contribution < -0.4 is 11.1 Å². The minimum atomic E-state index is -1.38. The van der Waals surface area contributed by atoms with Gasteiger partial charge in [0.1, 0.15) is 11.8 Å². The summed E-state index contributed by atoms with van der Waals surface area (Å²) < 4.78 is 1.42. The quantitative estimate of drug-likeness (QED) is 0.568. The van der Waals surface area contributed by atoms with Crippen LogP contribution in [0.1, 0.15) is 16.2 Å². The first-order valence-electron chi connectivity index (χ1n) is 4.68. The summed E-state index contributed by atoms with van der Waals surface area (Å²) in [6.45, 7) is 1.55. The number of nitrogens with one attached hydrogen (secondary N) is 1. The van der Waals surface area contributed by atoms with E-state index in [1.807, 2.05) is 0 Å². The highest BCUT2D eigenvalue weighted by atomic mass is 16.3. The maximum absolute atomic E-state index is 11.6. The molecule has 0 radical (unpaired) electrons. The van der Waals surface area contributed by atoms with Gasteiger partial charge in [0.2, 0.25) is 5.91 Å². The Kier molecular flexibility index (Phi) is 3.62. The van der Waals surface area contributed by atoms with Crippen molar-refractivity contribution in [2.75, 3.05) is 6.54 Å². The first-order valence-corrected chi connectivity index (χ1v) is 4.68. The van der Waals surface area contributed by atoms with Crippen LogP contribution in [0.5, 0.6) is 0 Å². The van der Waals surface area contributed by atoms with E-state index in [-0.39, 0.29) is 6.54 Å². The molecule has 1 unspecified atom stereocenters. The molecule has 0 aliphatic carbocycles. The largest absolute Gasteiger partial charge is 0.381 e. The van der Waals surface area contributed by atoms with Crippen molar-refractivity contribution in [3.05, 3.63) is 17.5 Å². The Morgan fingerprint density at radius 2 is 2.31 bits per heavy atom. The smallest absolute Gasteiger partial charge is 0.269 e. The van der Waals surface area contributed by atoms with E-state index in [4.69, 9.17) is 10.8 Å². The van der Waals surface area contributed by atoms with Gasteiger partial charge in [0.15, 0.2) is 0 Å². The fourth-order valence-electron chi connectivity index (χ4n) is 1.20. The van der Waals surface area contributed by atoms with E-state index in [2.05, 4.69) is 10.4 Å². The Morgan fingerprint density at radius 3 is 2.75 bits per heavy atom. The zero-order chi connectivity index (χ0) is 12.3. The van der Waals surface area contributed by atoms with Crippen LogP contribution in [0.4, 0.5) is 0 Å². The summed E-state index contributed by atoms with van der Waals surface area (Å²) >= 11 is 0. The molecule has 2 amide bonds. The third-order valence-electron chi connectivity index (χ3n) is 2.02. The van der Waals surface area contributed by atoms with Crippen molar-refractivity contribution < 1.29 is 14.7 Å². The minimum Gasteiger partial charge on any atom is -0.381 e. The SMILES string of the molecule is Cc1cc(C(=O)NCC(O)C(N)=O)n(C)n1. The first kappa shape index (κ1) is 12.2. The van der Waals surface area contributed by atoms with E-state index in [9.17, 15) is 9.59 Å². The summed E-state index contributed by atoms with van der Waals surface area (Å²) in [6.07, 6.45) is -1.38. The zero-order valence-corrected chi connectivity index (χ0v) is 9.10. The second kappa shape index (κ2) is 4.75. The maximum atomic E-state index is 11.6. The fraction of sp³-hybridized carbons (Fsp3) is 0.444. The summed E-state index contributed by atoms with van der Waals surface area (Å²) in [6, 6.07) is 1.60. The van der Waals surface area contributed by atoms with Crippen molar-refractivity contribution in [2.45, 2.75) is 13.0 Å². The number of aliphatic hydroxyl groups excluding tert-OH is 1. The first-order chi connectivity index (χ1) is 7.41. The van der Waals surface area contributed by atoms with E-state index in [0.29, 0.717) is 11.4 Å². The summed E-state index contributed by atoms with van der Waals surface area (Å²) in [4.78, 5) is 22.1. The van der Waals surface area contributed by atoms with Crippen molar-refractivity contribution >= 4 is 11.8 Å². The summed E-state index contributed by atoms with van der Waals surface area (Å²) in [5.74, 6) is -1.29. The predicted octanol–water partition coefficient (Wildman–Crippen LogP) is -1.70. The fourth-order valence-corrected chi connectivity index (χ4v) is 1.20. The van der Waals surface area contributed by atoms with Gasteiger partial charge in [0, 0.05) is 7.05 Å². The molecule has 7 nitrogen and oxygen atoms in total. The second-order valence-corrected chi connectivity index (χ2v) is 3.42. The molecule has 0 aliphatic heterocycles. The van der Waals surface area contributed by atoms with Gasteiger partial charge in [0.25, 0.3) is 5.91 Å². The lowest BCUT2D eigenvalue weighted by Gasteiger charge is -2.08. The van der Waals surface area contributed by atoms with Crippen molar-refractivity contribution in [1.29, 1.82) is 0 Å². The third kappa shape index (κ3) is 2.80. The molecule has 1 aromatic heterocycles. The minimum absolute atomic E-state index is 0.210. The van der Waals surface area contributed by atoms with Gasteiger partial charge in [-0.15, -0.1) is 0 Å². The molecule has 1 atom stereocenters. The van der Waals surface area contributed by atoms with Crippen LogP contribution in [0, 0.1) is 6.92 Å². The zero-order valence-electron chi connectivity index (χ0n) is 9.10. The summed E-state index contributed by atoms with van der Waals surface area (Å²) in [5.41, 5.74) is 5.90. The molecule has 0 fully saturated rings. The second-order valence-electron chi connectivity index (χ2n) is 3.42. The number of aliphatic hydroxyl groups is 1. The molecule has 0 saturated heterocycles. The van der Waals surface area contributed by atoms with Gasteiger partial charge in [-0.3, -0.25) is 14.3 Å². The lowest BCUT2D eigenvalue weighted by atomic mass is 10.3. The Morgan fingerprint density at radius 1 is 1.69 bits per heavy atom. The molecule has 4 N–H and O–H groups in total. The Balaban J connectivity index is 2.60. The highest BCUT2D eigenvalue weighted by Crippen LogP contribution is 2.01. The van der Waals surface area contributed by atoms with E-state index in [1.165, 1.54) is 4.68 Å². The number of hydrogen-bond donors (Lipinski definition) is 3. The van der Waals surface area contributed by atoms with Crippen LogP contribution in [0.3, 0.4) is 0 Å². The van der Waals surface area contributed by atoms with Crippen molar-refractivity contribution in [2.24, 2.45) is 12.8 Å². The van der Waals surface area contributed by atoms with Crippen molar-refractivity contribution in [1.82, 2.24) is 15.1 Å². The Bertz CT molecular complexity index is 413. The number of amides is 2. The number of nitrogens with two attached hydrogens (primary N) is 1. The molecular weight excluding hydrogens is 212 g/mol. The normalized spacial score (nSPS) is 12.2. The molecule has 7 heteroatoms. The van der Waals surface area contributed by atoms with Gasteiger partial charge in [0.05, 0.1) is 12.2 Å². The van der Waals surface area contributed by atoms with E-state index >= 15 is 0 Å². The van der Waals surface area contributed by atoms with Crippen LogP contribution >= 0.6 is 0 Å². The standard InChI is InChI=1S/C9H14N4O3/c1-5-3-6(13(2)12-5)9(16)11-4-7(14)8(10)15/h3,7,14H,4H2,1-2H3,(H2,10,15)(H,11,16). The Labute approximate surface area is 92.2 Å². The molecule has 88 valence electrons. The van der Waals surface area contributed by atoms with Crippen molar-refractivity contribution in [3.63, 3.8) is 0 Å². The molecular formula is C9H14N4O3. The van der Waals surface area contributed by atoms with Gasteiger partial charge >= 0.3 is 0 Å². The highest BCUT2D eigenvalue weighted by Gasteiger charge is 2.15. The number of carbonyl (C=O) groups is 2. The van der Waals surface area contributed by atoms with Crippen LogP contribution in [-0.4, -0.2) is 39.4 Å². The number of hydrogen-bond acceptors (Lipinski definition) is 4. The molecule has 0 aromatic carbocycles. The van der Waals surface area contributed by atoms with Crippen LogP contribution in [0.2, 0.25) is 0 Å². The number of aryl methyl sites for hydroxylation is 2. The van der Waals surface area contributed by atoms with Gasteiger partial charge in [-0.05, 0) is 13.0 Å². The molecule has 1 heterocycles. The van der Waals surface area contributed by atoms with Crippen LogP contribution in [0.15, 0.2) is 6.07 Å². The van der Waals surface area contributed by atoms with Gasteiger partial charge in [-0.25, -0.2) is 0 Å². The average Bonchev–Trinajstić information content (AvgIpc) is 2.53. The Hall–Kier alpha value is -1.89. The molecule has 1 aromatic rings. The highest BCUT2D eigenvalue weighted by molar-refractivity contribution is 5.93. The molecule has 0 aliphatic rings. The maximum Gasteiger partial charge on any atom is 0.269 e. The molecule has 0 saturated carbocycles.